The SMILES string of the molecule is ClCc1cc(Br)ccc1N1CCN(c2nccs2)CC1. The van der Waals surface area contributed by atoms with Crippen LogP contribution in [0.2, 0.25) is 0 Å². The van der Waals surface area contributed by atoms with Crippen molar-refractivity contribution >= 4 is 49.7 Å². The molecule has 1 aromatic carbocycles. The van der Waals surface area contributed by atoms with Gasteiger partial charge in [0.25, 0.3) is 0 Å². The summed E-state index contributed by atoms with van der Waals surface area (Å²) in [5.74, 6) is 0.543. The zero-order valence-corrected chi connectivity index (χ0v) is 14.1. The molecule has 3 nitrogen and oxygen atoms in total. The Bertz CT molecular complexity index is 568. The number of hydrogen-bond donors (Lipinski definition) is 0. The van der Waals surface area contributed by atoms with Crippen molar-refractivity contribution in [3.8, 4) is 0 Å². The zero-order chi connectivity index (χ0) is 13.9. The highest BCUT2D eigenvalue weighted by Crippen LogP contribution is 2.28. The van der Waals surface area contributed by atoms with Crippen LogP contribution in [0.1, 0.15) is 5.56 Å². The average Bonchev–Trinajstić information content (AvgIpc) is 3.01. The van der Waals surface area contributed by atoms with E-state index in [-0.39, 0.29) is 0 Å². The summed E-state index contributed by atoms with van der Waals surface area (Å²) in [4.78, 5) is 9.14. The Balaban J connectivity index is 1.72. The van der Waals surface area contributed by atoms with E-state index in [9.17, 15) is 0 Å². The molecule has 20 heavy (non-hydrogen) atoms. The smallest absolute Gasteiger partial charge is 0.185 e. The number of aromatic nitrogens is 1. The van der Waals surface area contributed by atoms with E-state index in [4.69, 9.17) is 11.6 Å². The molecule has 6 heteroatoms. The largest absolute Gasteiger partial charge is 0.368 e. The maximum absolute atomic E-state index is 6.07. The van der Waals surface area contributed by atoms with Gasteiger partial charge in [0.15, 0.2) is 5.13 Å². The number of anilines is 2. The fourth-order valence-corrected chi connectivity index (χ4v) is 3.80. The minimum absolute atomic E-state index is 0.543. The summed E-state index contributed by atoms with van der Waals surface area (Å²) in [6.45, 7) is 4.02. The molecule has 0 N–H and O–H groups in total. The minimum Gasteiger partial charge on any atom is -0.368 e. The number of hydrogen-bond acceptors (Lipinski definition) is 4. The van der Waals surface area contributed by atoms with E-state index >= 15 is 0 Å². The predicted molar refractivity (Wildman–Crippen MR) is 90.2 cm³/mol. The molecule has 1 fully saturated rings. The van der Waals surface area contributed by atoms with Crippen molar-refractivity contribution in [3.05, 3.63) is 39.8 Å². The summed E-state index contributed by atoms with van der Waals surface area (Å²) in [6, 6.07) is 6.34. The molecule has 0 aliphatic carbocycles. The highest BCUT2D eigenvalue weighted by Gasteiger charge is 2.20. The van der Waals surface area contributed by atoms with Gasteiger partial charge in [0.2, 0.25) is 0 Å². The highest BCUT2D eigenvalue weighted by atomic mass is 79.9. The van der Waals surface area contributed by atoms with Gasteiger partial charge < -0.3 is 9.80 Å². The van der Waals surface area contributed by atoms with Gasteiger partial charge in [-0.25, -0.2) is 4.98 Å². The number of piperazine rings is 1. The third kappa shape index (κ3) is 2.95. The topological polar surface area (TPSA) is 19.4 Å². The van der Waals surface area contributed by atoms with Gasteiger partial charge in [-0.2, -0.15) is 0 Å². The average molecular weight is 373 g/mol. The zero-order valence-electron chi connectivity index (χ0n) is 10.9. The van der Waals surface area contributed by atoms with Crippen LogP contribution in [0.15, 0.2) is 34.2 Å². The lowest BCUT2D eigenvalue weighted by molar-refractivity contribution is 0.650. The van der Waals surface area contributed by atoms with E-state index in [1.165, 1.54) is 11.3 Å². The summed E-state index contributed by atoms with van der Waals surface area (Å²) in [7, 11) is 0. The first-order chi connectivity index (χ1) is 9.78. The molecule has 0 bridgehead atoms. The lowest BCUT2D eigenvalue weighted by Gasteiger charge is -2.36. The second-order valence-corrected chi connectivity index (χ2v) is 6.75. The number of nitrogens with zero attached hydrogens (tertiary/aromatic N) is 3. The fourth-order valence-electron chi connectivity index (χ4n) is 2.48. The van der Waals surface area contributed by atoms with Gasteiger partial charge in [0.1, 0.15) is 0 Å². The highest BCUT2D eigenvalue weighted by molar-refractivity contribution is 9.10. The van der Waals surface area contributed by atoms with Crippen molar-refractivity contribution in [2.75, 3.05) is 36.0 Å². The molecule has 1 aromatic heterocycles. The van der Waals surface area contributed by atoms with Crippen LogP contribution in [0.3, 0.4) is 0 Å². The van der Waals surface area contributed by atoms with Gasteiger partial charge >= 0.3 is 0 Å². The molecule has 0 saturated carbocycles. The quantitative estimate of drug-likeness (QED) is 0.760. The molecule has 0 amide bonds. The summed E-state index contributed by atoms with van der Waals surface area (Å²) >= 11 is 11.3. The van der Waals surface area contributed by atoms with Crippen LogP contribution < -0.4 is 9.80 Å². The molecule has 0 unspecified atom stereocenters. The van der Waals surface area contributed by atoms with Crippen LogP contribution in [-0.4, -0.2) is 31.2 Å². The van der Waals surface area contributed by atoms with E-state index in [0.717, 1.165) is 35.8 Å². The molecule has 0 spiro atoms. The Morgan fingerprint density at radius 2 is 1.95 bits per heavy atom. The van der Waals surface area contributed by atoms with Crippen LogP contribution in [0, 0.1) is 0 Å². The standard InChI is InChI=1S/C14H15BrClN3S/c15-12-1-2-13(11(9-12)10-16)18-4-6-19(7-5-18)14-17-3-8-20-14/h1-3,8-9H,4-7,10H2. The van der Waals surface area contributed by atoms with Crippen molar-refractivity contribution in [1.82, 2.24) is 4.98 Å². The first-order valence-corrected chi connectivity index (χ1v) is 8.72. The molecule has 0 atom stereocenters. The van der Waals surface area contributed by atoms with Gasteiger partial charge in [-0.3, -0.25) is 0 Å². The lowest BCUT2D eigenvalue weighted by Crippen LogP contribution is -2.46. The minimum atomic E-state index is 0.543. The van der Waals surface area contributed by atoms with Crippen molar-refractivity contribution in [1.29, 1.82) is 0 Å². The van der Waals surface area contributed by atoms with Crippen molar-refractivity contribution < 1.29 is 0 Å². The normalized spacial score (nSPS) is 15.7. The Labute approximate surface area is 136 Å². The van der Waals surface area contributed by atoms with Gasteiger partial charge in [0.05, 0.1) is 0 Å². The third-order valence-electron chi connectivity index (χ3n) is 3.50. The molecule has 1 aliphatic rings. The van der Waals surface area contributed by atoms with Crippen LogP contribution in [0.4, 0.5) is 10.8 Å². The van der Waals surface area contributed by atoms with Crippen molar-refractivity contribution in [3.63, 3.8) is 0 Å². The van der Waals surface area contributed by atoms with E-state index in [2.05, 4.69) is 48.9 Å². The maximum Gasteiger partial charge on any atom is 0.185 e. The van der Waals surface area contributed by atoms with Crippen LogP contribution >= 0.6 is 38.9 Å². The van der Waals surface area contributed by atoms with E-state index in [1.54, 1.807) is 11.3 Å². The molecule has 2 aromatic rings. The third-order valence-corrected chi connectivity index (χ3v) is 5.11. The fraction of sp³-hybridized carbons (Fsp3) is 0.357. The molecular weight excluding hydrogens is 358 g/mol. The van der Waals surface area contributed by atoms with E-state index in [1.807, 2.05) is 11.6 Å². The summed E-state index contributed by atoms with van der Waals surface area (Å²) in [6.07, 6.45) is 1.87. The summed E-state index contributed by atoms with van der Waals surface area (Å²) in [5.41, 5.74) is 2.44. The Kier molecular flexibility index (Phi) is 4.48. The number of rotatable bonds is 3. The molecule has 0 radical (unpaired) electrons. The second kappa shape index (κ2) is 6.33. The lowest BCUT2D eigenvalue weighted by atomic mass is 10.1. The van der Waals surface area contributed by atoms with Gasteiger partial charge in [0, 0.05) is 53.8 Å². The second-order valence-electron chi connectivity index (χ2n) is 4.70. The van der Waals surface area contributed by atoms with Crippen molar-refractivity contribution in [2.24, 2.45) is 0 Å². The van der Waals surface area contributed by atoms with Gasteiger partial charge in [-0.1, -0.05) is 15.9 Å². The first-order valence-electron chi connectivity index (χ1n) is 6.51. The molecule has 106 valence electrons. The molecular formula is C14H15BrClN3S. The van der Waals surface area contributed by atoms with E-state index < -0.39 is 0 Å². The number of alkyl halides is 1. The summed E-state index contributed by atoms with van der Waals surface area (Å²) in [5, 5.41) is 3.15. The first kappa shape index (κ1) is 14.2. The maximum atomic E-state index is 6.07. The van der Waals surface area contributed by atoms with E-state index in [0.29, 0.717) is 5.88 Å². The van der Waals surface area contributed by atoms with Crippen LogP contribution in [0.25, 0.3) is 0 Å². The molecule has 1 saturated heterocycles. The predicted octanol–water partition coefficient (Wildman–Crippen LogP) is 3.97. The Morgan fingerprint density at radius 3 is 2.60 bits per heavy atom. The van der Waals surface area contributed by atoms with Crippen LogP contribution in [0.5, 0.6) is 0 Å². The van der Waals surface area contributed by atoms with Crippen LogP contribution in [-0.2, 0) is 5.88 Å². The molecule has 2 heterocycles. The monoisotopic (exact) mass is 371 g/mol. The number of thiazole rings is 1. The van der Waals surface area contributed by atoms with Crippen molar-refractivity contribution in [2.45, 2.75) is 5.88 Å². The Morgan fingerprint density at radius 1 is 1.20 bits per heavy atom. The molecule has 1 aliphatic heterocycles. The Hall–Kier alpha value is -0.780. The van der Waals surface area contributed by atoms with Gasteiger partial charge in [-0.15, -0.1) is 22.9 Å². The summed E-state index contributed by atoms with van der Waals surface area (Å²) < 4.78 is 1.08. The van der Waals surface area contributed by atoms with Gasteiger partial charge in [-0.05, 0) is 23.8 Å². The molecule has 3 rings (SSSR count). The number of halogens is 2. The number of benzene rings is 1.